The molecule has 34 heavy (non-hydrogen) atoms. The van der Waals surface area contributed by atoms with E-state index in [0.717, 1.165) is 0 Å². The minimum Gasteiger partial charge on any atom is -0.494 e. The van der Waals surface area contributed by atoms with Crippen LogP contribution in [-0.4, -0.2) is 59.2 Å². The number of hydrogen-bond donors (Lipinski definition) is 1. The zero-order valence-electron chi connectivity index (χ0n) is 17.4. The van der Waals surface area contributed by atoms with Crippen molar-refractivity contribution in [1.29, 1.82) is 0 Å². The summed E-state index contributed by atoms with van der Waals surface area (Å²) in [6.07, 6.45) is -0.995. The molecule has 12 heteroatoms. The van der Waals surface area contributed by atoms with Crippen molar-refractivity contribution in [2.75, 3.05) is 6.61 Å². The lowest BCUT2D eigenvalue weighted by Gasteiger charge is -2.18. The fraction of sp³-hybridized carbons (Fsp3) is 0.227. The van der Waals surface area contributed by atoms with Crippen molar-refractivity contribution in [2.24, 2.45) is 0 Å². The van der Waals surface area contributed by atoms with Crippen LogP contribution in [0.2, 0.25) is 0 Å². The Morgan fingerprint density at radius 1 is 0.971 bits per heavy atom. The number of imide groups is 1. The Morgan fingerprint density at radius 3 is 2.21 bits per heavy atom. The van der Waals surface area contributed by atoms with E-state index in [9.17, 15) is 32.4 Å². The number of benzene rings is 2. The number of ether oxygens (including phenoxy) is 1. The van der Waals surface area contributed by atoms with Gasteiger partial charge in [0.05, 0.1) is 19.4 Å². The second kappa shape index (κ2) is 8.80. The molecule has 11 nitrogen and oxygen atoms in total. The van der Waals surface area contributed by atoms with Gasteiger partial charge in [-0.2, -0.15) is 8.42 Å². The topological polar surface area (TPSA) is 161 Å². The van der Waals surface area contributed by atoms with Gasteiger partial charge in [0, 0.05) is 22.3 Å². The van der Waals surface area contributed by atoms with Crippen LogP contribution in [0.4, 0.5) is 0 Å². The number of fused-ring (bicyclic) bond motifs is 2. The molecule has 0 radical (unpaired) electrons. The Balaban J connectivity index is 1.31. The number of hydroxylamine groups is 2. The van der Waals surface area contributed by atoms with Crippen molar-refractivity contribution in [2.45, 2.75) is 24.5 Å². The van der Waals surface area contributed by atoms with Crippen LogP contribution >= 0.6 is 0 Å². The van der Waals surface area contributed by atoms with Crippen molar-refractivity contribution in [1.82, 2.24) is 5.06 Å². The molecule has 2 aromatic carbocycles. The van der Waals surface area contributed by atoms with Crippen LogP contribution in [0.15, 0.2) is 42.5 Å². The van der Waals surface area contributed by atoms with E-state index in [1.807, 2.05) is 0 Å². The highest BCUT2D eigenvalue weighted by atomic mass is 32.2. The van der Waals surface area contributed by atoms with Crippen LogP contribution in [0.25, 0.3) is 0 Å². The summed E-state index contributed by atoms with van der Waals surface area (Å²) in [5.74, 6) is -3.65. The number of hydrogen-bond acceptors (Lipinski definition) is 9. The third-order valence-corrected chi connectivity index (χ3v) is 6.39. The number of amides is 2. The molecule has 0 saturated carbocycles. The van der Waals surface area contributed by atoms with E-state index in [4.69, 9.17) is 9.29 Å². The summed E-state index contributed by atoms with van der Waals surface area (Å²) in [4.78, 5) is 65.5. The molecule has 2 amide bonds. The first-order valence-electron chi connectivity index (χ1n) is 10.1. The lowest BCUT2D eigenvalue weighted by atomic mass is 9.84. The summed E-state index contributed by atoms with van der Waals surface area (Å²) in [7, 11) is -4.80. The molecule has 0 spiro atoms. The van der Waals surface area contributed by atoms with Crippen LogP contribution in [0.5, 0.6) is 5.75 Å². The third-order valence-electron chi connectivity index (χ3n) is 5.31. The lowest BCUT2D eigenvalue weighted by Crippen LogP contribution is -2.36. The van der Waals surface area contributed by atoms with Crippen molar-refractivity contribution < 1.29 is 46.5 Å². The van der Waals surface area contributed by atoms with E-state index in [0.29, 0.717) is 16.9 Å². The number of nitrogens with zero attached hydrogens (tertiary/aromatic N) is 1. The maximum atomic E-state index is 12.7. The van der Waals surface area contributed by atoms with E-state index in [2.05, 4.69) is 4.84 Å². The summed E-state index contributed by atoms with van der Waals surface area (Å²) < 4.78 is 36.7. The van der Waals surface area contributed by atoms with Crippen molar-refractivity contribution in [3.63, 3.8) is 0 Å². The Morgan fingerprint density at radius 2 is 1.59 bits per heavy atom. The molecule has 1 N–H and O–H groups in total. The van der Waals surface area contributed by atoms with Crippen LogP contribution in [0.3, 0.4) is 0 Å². The summed E-state index contributed by atoms with van der Waals surface area (Å²) in [5, 5.41) is -1.97. The first kappa shape index (κ1) is 23.3. The largest absolute Gasteiger partial charge is 0.494 e. The zero-order chi connectivity index (χ0) is 24.6. The average Bonchev–Trinajstić information content (AvgIpc) is 3.09. The van der Waals surface area contributed by atoms with Crippen LogP contribution in [0.1, 0.15) is 51.1 Å². The van der Waals surface area contributed by atoms with Crippen LogP contribution in [0, 0.1) is 0 Å². The first-order valence-corrected chi connectivity index (χ1v) is 11.6. The zero-order valence-corrected chi connectivity index (χ0v) is 18.2. The molecular weight excluding hydrogens is 470 g/mol. The normalized spacial score (nSPS) is 17.4. The predicted octanol–water partition coefficient (Wildman–Crippen LogP) is 1.09. The highest BCUT2D eigenvalue weighted by Gasteiger charge is 2.48. The quantitative estimate of drug-likeness (QED) is 0.290. The Labute approximate surface area is 193 Å². The van der Waals surface area contributed by atoms with E-state index >= 15 is 0 Å². The number of rotatable bonds is 7. The van der Waals surface area contributed by atoms with E-state index in [1.165, 1.54) is 18.2 Å². The highest BCUT2D eigenvalue weighted by molar-refractivity contribution is 7.87. The molecular formula is C22H17NO10S. The van der Waals surface area contributed by atoms with Gasteiger partial charge in [0.25, 0.3) is 21.9 Å². The molecule has 1 aliphatic carbocycles. The molecule has 1 atom stereocenters. The summed E-state index contributed by atoms with van der Waals surface area (Å²) in [6, 6.07) is 11.0. The third kappa shape index (κ3) is 4.32. The fourth-order valence-corrected chi connectivity index (χ4v) is 4.34. The van der Waals surface area contributed by atoms with E-state index in [1.54, 1.807) is 24.3 Å². The molecule has 176 valence electrons. The van der Waals surface area contributed by atoms with Gasteiger partial charge in [-0.25, -0.2) is 4.79 Å². The van der Waals surface area contributed by atoms with Crippen molar-refractivity contribution >= 4 is 39.5 Å². The van der Waals surface area contributed by atoms with Crippen LogP contribution in [-0.2, 0) is 29.3 Å². The molecule has 2 aliphatic rings. The molecule has 4 rings (SSSR count). The first-order chi connectivity index (χ1) is 16.1. The highest BCUT2D eigenvalue weighted by Crippen LogP contribution is 2.30. The summed E-state index contributed by atoms with van der Waals surface area (Å²) >= 11 is 0. The SMILES string of the molecule is O=C(CCCOc1ccc2c(c1)C(=O)c1ccccc1C2=O)ON1C(=O)CC(S(=O)(=O)O)C1=O. The molecule has 1 unspecified atom stereocenters. The number of carbonyl (C=O) groups excluding carboxylic acids is 5. The van der Waals surface area contributed by atoms with E-state index in [-0.39, 0.29) is 47.2 Å². The molecule has 0 bridgehead atoms. The van der Waals surface area contributed by atoms with Gasteiger partial charge in [-0.1, -0.05) is 24.3 Å². The summed E-state index contributed by atoms with van der Waals surface area (Å²) in [5.41, 5.74) is 1.12. The predicted molar refractivity (Wildman–Crippen MR) is 112 cm³/mol. The smallest absolute Gasteiger partial charge is 0.333 e. The maximum absolute atomic E-state index is 12.7. The lowest BCUT2D eigenvalue weighted by molar-refractivity contribution is -0.197. The average molecular weight is 487 g/mol. The molecule has 0 aromatic heterocycles. The van der Waals surface area contributed by atoms with Gasteiger partial charge in [0.2, 0.25) is 0 Å². The molecule has 2 aromatic rings. The van der Waals surface area contributed by atoms with Gasteiger partial charge in [-0.3, -0.25) is 23.7 Å². The second-order valence-corrected chi connectivity index (χ2v) is 9.16. The van der Waals surface area contributed by atoms with E-state index < -0.39 is 39.6 Å². The molecule has 1 aliphatic heterocycles. The Bertz CT molecular complexity index is 1350. The second-order valence-electron chi connectivity index (χ2n) is 7.56. The summed E-state index contributed by atoms with van der Waals surface area (Å²) in [6.45, 7) is 0.00213. The monoisotopic (exact) mass is 487 g/mol. The molecule has 1 saturated heterocycles. The fourth-order valence-electron chi connectivity index (χ4n) is 3.63. The van der Waals surface area contributed by atoms with Crippen molar-refractivity contribution in [3.05, 3.63) is 64.7 Å². The van der Waals surface area contributed by atoms with Gasteiger partial charge in [0.1, 0.15) is 5.75 Å². The number of carbonyl (C=O) groups is 5. The van der Waals surface area contributed by atoms with Gasteiger partial charge in [0.15, 0.2) is 16.8 Å². The Hall–Kier alpha value is -3.90. The van der Waals surface area contributed by atoms with Gasteiger partial charge in [-0.05, 0) is 24.6 Å². The maximum Gasteiger partial charge on any atom is 0.333 e. The molecule has 1 fully saturated rings. The minimum absolute atomic E-state index is 0.00213. The molecule has 1 heterocycles. The van der Waals surface area contributed by atoms with Gasteiger partial charge < -0.3 is 9.57 Å². The Kier molecular flexibility index (Phi) is 6.02. The number of ketones is 2. The van der Waals surface area contributed by atoms with Crippen LogP contribution < -0.4 is 4.74 Å². The minimum atomic E-state index is -4.80. The van der Waals surface area contributed by atoms with Gasteiger partial charge in [-0.15, -0.1) is 5.06 Å². The van der Waals surface area contributed by atoms with Gasteiger partial charge >= 0.3 is 5.97 Å². The standard InChI is InChI=1S/C22H17NO10S/c24-18-11-17(34(29,30)31)22(28)23(18)33-19(25)6-3-9-32-12-7-8-15-16(10-12)21(27)14-5-2-1-4-13(14)20(15)26/h1-2,4-5,7-8,10,17H,3,6,9,11H2,(H,29,30,31). The van der Waals surface area contributed by atoms with Crippen molar-refractivity contribution in [3.8, 4) is 5.75 Å².